The average Bonchev–Trinajstić information content (AvgIpc) is 2.90. The van der Waals surface area contributed by atoms with Gasteiger partial charge in [0.15, 0.2) is 0 Å². The Labute approximate surface area is 136 Å². The number of carbonyl (C=O) groups excluding carboxylic acids is 1. The number of carbonyl (C=O) groups is 1. The van der Waals surface area contributed by atoms with E-state index < -0.39 is 10.0 Å². The first-order chi connectivity index (χ1) is 10.7. The number of rotatable bonds is 5. The lowest BCUT2D eigenvalue weighted by Gasteiger charge is -2.18. The normalized spacial score (nSPS) is 18.4. The van der Waals surface area contributed by atoms with Gasteiger partial charge in [0.05, 0.1) is 5.75 Å². The summed E-state index contributed by atoms with van der Waals surface area (Å²) >= 11 is 0. The second kappa shape index (κ2) is 6.97. The molecule has 1 aliphatic rings. The van der Waals surface area contributed by atoms with Crippen LogP contribution in [0.15, 0.2) is 12.1 Å². The number of amides is 1. The third-order valence-electron chi connectivity index (χ3n) is 3.98. The number of aryl methyl sites for hydroxylation is 2. The molecule has 1 atom stereocenters. The molecule has 1 fully saturated rings. The second-order valence-corrected chi connectivity index (χ2v) is 7.97. The molecule has 23 heavy (non-hydrogen) atoms. The summed E-state index contributed by atoms with van der Waals surface area (Å²) in [5.41, 5.74) is 1.32. The van der Waals surface area contributed by atoms with Crippen molar-refractivity contribution < 1.29 is 17.6 Å². The van der Waals surface area contributed by atoms with Crippen molar-refractivity contribution in [3.63, 3.8) is 0 Å². The topological polar surface area (TPSA) is 66.5 Å². The molecule has 0 aliphatic carbocycles. The Bertz CT molecular complexity index is 680. The molecule has 1 N–H and O–H groups in total. The maximum absolute atomic E-state index is 13.7. The van der Waals surface area contributed by atoms with E-state index in [0.717, 1.165) is 0 Å². The van der Waals surface area contributed by atoms with Crippen LogP contribution in [0.4, 0.5) is 4.39 Å². The first kappa shape index (κ1) is 17.9. The van der Waals surface area contributed by atoms with E-state index in [9.17, 15) is 17.6 Å². The fourth-order valence-corrected chi connectivity index (χ4v) is 4.23. The number of nitrogens with zero attached hydrogens (tertiary/aromatic N) is 1. The maximum atomic E-state index is 13.7. The molecule has 0 aromatic heterocycles. The van der Waals surface area contributed by atoms with Gasteiger partial charge >= 0.3 is 0 Å². The zero-order chi connectivity index (χ0) is 17.2. The molecule has 5 nitrogen and oxygen atoms in total. The van der Waals surface area contributed by atoms with Gasteiger partial charge in [-0.3, -0.25) is 4.79 Å². The standard InChI is InChI=1S/C16H23FN2O3S/c1-4-7-23(21,22)18-14-5-6-19(10-14)16(20)13-8-11(2)15(17)12(3)9-13/h8-9,14,18H,4-7,10H2,1-3H3/t14-/m0/s1. The van der Waals surface area contributed by atoms with E-state index in [1.807, 2.05) is 6.92 Å². The smallest absolute Gasteiger partial charge is 0.253 e. The van der Waals surface area contributed by atoms with Crippen LogP contribution < -0.4 is 4.72 Å². The minimum Gasteiger partial charge on any atom is -0.337 e. The second-order valence-electron chi connectivity index (χ2n) is 6.10. The van der Waals surface area contributed by atoms with E-state index in [0.29, 0.717) is 42.6 Å². The molecular formula is C16H23FN2O3S. The van der Waals surface area contributed by atoms with Gasteiger partial charge in [-0.2, -0.15) is 0 Å². The summed E-state index contributed by atoms with van der Waals surface area (Å²) in [7, 11) is -3.29. The highest BCUT2D eigenvalue weighted by Gasteiger charge is 2.29. The predicted octanol–water partition coefficient (Wildman–Crippen LogP) is 1.99. The van der Waals surface area contributed by atoms with Gasteiger partial charge in [0, 0.05) is 24.7 Å². The number of nitrogens with one attached hydrogen (secondary N) is 1. The van der Waals surface area contributed by atoms with Gasteiger partial charge in [-0.25, -0.2) is 17.5 Å². The van der Waals surface area contributed by atoms with Crippen LogP contribution in [0.5, 0.6) is 0 Å². The van der Waals surface area contributed by atoms with Crippen molar-refractivity contribution >= 4 is 15.9 Å². The highest BCUT2D eigenvalue weighted by Crippen LogP contribution is 2.19. The van der Waals surface area contributed by atoms with Crippen LogP contribution in [0.2, 0.25) is 0 Å². The van der Waals surface area contributed by atoms with Gasteiger partial charge in [0.1, 0.15) is 5.82 Å². The van der Waals surface area contributed by atoms with Crippen LogP contribution in [0.1, 0.15) is 41.3 Å². The van der Waals surface area contributed by atoms with Gasteiger partial charge in [-0.05, 0) is 49.9 Å². The Morgan fingerprint density at radius 2 is 1.96 bits per heavy atom. The summed E-state index contributed by atoms with van der Waals surface area (Å²) in [6, 6.07) is 2.83. The monoisotopic (exact) mass is 342 g/mol. The largest absolute Gasteiger partial charge is 0.337 e. The van der Waals surface area contributed by atoms with Crippen molar-refractivity contribution in [2.45, 2.75) is 39.7 Å². The number of hydrogen-bond donors (Lipinski definition) is 1. The molecule has 0 saturated carbocycles. The molecule has 1 aromatic carbocycles. The summed E-state index contributed by atoms with van der Waals surface area (Å²) in [6.07, 6.45) is 1.15. The fourth-order valence-electron chi connectivity index (χ4n) is 2.87. The van der Waals surface area contributed by atoms with Crippen LogP contribution in [-0.4, -0.2) is 44.1 Å². The van der Waals surface area contributed by atoms with Crippen molar-refractivity contribution in [2.75, 3.05) is 18.8 Å². The summed E-state index contributed by atoms with van der Waals surface area (Å²) in [5.74, 6) is -0.394. The van der Waals surface area contributed by atoms with Crippen molar-refractivity contribution in [1.29, 1.82) is 0 Å². The van der Waals surface area contributed by atoms with E-state index in [1.54, 1.807) is 30.9 Å². The number of sulfonamides is 1. The van der Waals surface area contributed by atoms with Crippen LogP contribution in [0.3, 0.4) is 0 Å². The average molecular weight is 342 g/mol. The van der Waals surface area contributed by atoms with E-state index in [-0.39, 0.29) is 23.5 Å². The van der Waals surface area contributed by atoms with Gasteiger partial charge in [0.25, 0.3) is 5.91 Å². The first-order valence-electron chi connectivity index (χ1n) is 7.79. The van der Waals surface area contributed by atoms with Crippen molar-refractivity contribution in [3.8, 4) is 0 Å². The van der Waals surface area contributed by atoms with Gasteiger partial charge in [0.2, 0.25) is 10.0 Å². The van der Waals surface area contributed by atoms with Crippen LogP contribution in [-0.2, 0) is 10.0 Å². The lowest BCUT2D eigenvalue weighted by atomic mass is 10.1. The number of halogens is 1. The van der Waals surface area contributed by atoms with Crippen molar-refractivity contribution in [1.82, 2.24) is 9.62 Å². The van der Waals surface area contributed by atoms with E-state index in [1.165, 1.54) is 0 Å². The molecular weight excluding hydrogens is 319 g/mol. The predicted molar refractivity (Wildman–Crippen MR) is 87.4 cm³/mol. The summed E-state index contributed by atoms with van der Waals surface area (Å²) in [4.78, 5) is 14.1. The molecule has 1 aromatic rings. The number of benzene rings is 1. The lowest BCUT2D eigenvalue weighted by Crippen LogP contribution is -2.39. The number of likely N-dealkylation sites (tertiary alicyclic amines) is 1. The Hall–Kier alpha value is -1.47. The van der Waals surface area contributed by atoms with Crippen molar-refractivity contribution in [2.24, 2.45) is 0 Å². The summed E-state index contributed by atoms with van der Waals surface area (Å²) in [5, 5.41) is 0. The molecule has 1 saturated heterocycles. The minimum absolute atomic E-state index is 0.0911. The minimum atomic E-state index is -3.29. The summed E-state index contributed by atoms with van der Waals surface area (Å²) in [6.45, 7) is 5.91. The zero-order valence-corrected chi connectivity index (χ0v) is 14.5. The lowest BCUT2D eigenvalue weighted by molar-refractivity contribution is 0.0790. The van der Waals surface area contributed by atoms with E-state index in [2.05, 4.69) is 4.72 Å². The first-order valence-corrected chi connectivity index (χ1v) is 9.44. The highest BCUT2D eigenvalue weighted by atomic mass is 32.2. The van der Waals surface area contributed by atoms with Crippen LogP contribution >= 0.6 is 0 Å². The Morgan fingerprint density at radius 3 is 2.52 bits per heavy atom. The Balaban J connectivity index is 2.06. The molecule has 0 bridgehead atoms. The molecule has 7 heteroatoms. The summed E-state index contributed by atoms with van der Waals surface area (Å²) < 4.78 is 39.9. The van der Waals surface area contributed by atoms with Crippen molar-refractivity contribution in [3.05, 3.63) is 34.6 Å². The molecule has 1 heterocycles. The van der Waals surface area contributed by atoms with E-state index in [4.69, 9.17) is 0 Å². The van der Waals surface area contributed by atoms with Crippen LogP contribution in [0, 0.1) is 19.7 Å². The molecule has 1 amide bonds. The zero-order valence-electron chi connectivity index (χ0n) is 13.7. The fraction of sp³-hybridized carbons (Fsp3) is 0.562. The maximum Gasteiger partial charge on any atom is 0.253 e. The molecule has 1 aliphatic heterocycles. The van der Waals surface area contributed by atoms with Gasteiger partial charge < -0.3 is 4.90 Å². The van der Waals surface area contributed by atoms with Crippen LogP contribution in [0.25, 0.3) is 0 Å². The molecule has 0 unspecified atom stereocenters. The highest BCUT2D eigenvalue weighted by molar-refractivity contribution is 7.89. The number of hydrogen-bond acceptors (Lipinski definition) is 3. The van der Waals surface area contributed by atoms with Gasteiger partial charge in [-0.1, -0.05) is 6.92 Å². The van der Waals surface area contributed by atoms with E-state index >= 15 is 0 Å². The molecule has 128 valence electrons. The molecule has 0 spiro atoms. The quantitative estimate of drug-likeness (QED) is 0.890. The Kier molecular flexibility index (Phi) is 5.41. The molecule has 2 rings (SSSR count). The SMILES string of the molecule is CCCS(=O)(=O)N[C@H]1CCN(C(=O)c2cc(C)c(F)c(C)c2)C1. The Morgan fingerprint density at radius 1 is 1.35 bits per heavy atom. The molecule has 0 radical (unpaired) electrons. The van der Waals surface area contributed by atoms with Gasteiger partial charge in [-0.15, -0.1) is 0 Å². The third-order valence-corrected chi connectivity index (χ3v) is 5.62. The third kappa shape index (κ3) is 4.29.